The first-order chi connectivity index (χ1) is 13.6. The third kappa shape index (κ3) is 7.40. The van der Waals surface area contributed by atoms with Crippen molar-refractivity contribution in [3.05, 3.63) is 40.0 Å². The first-order valence-electron chi connectivity index (χ1n) is 8.29. The minimum absolute atomic E-state index is 0.0317. The lowest BCUT2D eigenvalue weighted by Gasteiger charge is -2.12. The van der Waals surface area contributed by atoms with Gasteiger partial charge in [-0.2, -0.15) is 26.3 Å². The molecule has 2 N–H and O–H groups in total. The summed E-state index contributed by atoms with van der Waals surface area (Å²) >= 11 is 0.858. The molecular weight excluding hydrogens is 424 g/mol. The average Bonchev–Trinajstić information content (AvgIpc) is 3.12. The maximum Gasteiger partial charge on any atom is 0.434 e. The van der Waals surface area contributed by atoms with Crippen LogP contribution in [0.25, 0.3) is 0 Å². The number of alkyl halides is 6. The number of aromatic nitrogens is 2. The maximum absolute atomic E-state index is 12.6. The van der Waals surface area contributed by atoms with Crippen molar-refractivity contribution in [2.75, 3.05) is 19.7 Å². The molecule has 6 nitrogen and oxygen atoms in total. The van der Waals surface area contributed by atoms with Gasteiger partial charge >= 0.3 is 12.4 Å². The lowest BCUT2D eigenvalue weighted by Crippen LogP contribution is -2.39. The molecule has 0 saturated carbocycles. The minimum atomic E-state index is -4.50. The van der Waals surface area contributed by atoms with Gasteiger partial charge in [0.1, 0.15) is 11.6 Å². The molecule has 0 bridgehead atoms. The van der Waals surface area contributed by atoms with Crippen molar-refractivity contribution in [1.82, 2.24) is 20.6 Å². The van der Waals surface area contributed by atoms with Gasteiger partial charge in [0.05, 0.1) is 18.7 Å². The zero-order chi connectivity index (χ0) is 21.5. The zero-order valence-corrected chi connectivity index (χ0v) is 15.9. The molecule has 0 spiro atoms. The highest BCUT2D eigenvalue weighted by atomic mass is 32.1. The largest absolute Gasteiger partial charge is 0.476 e. The summed E-state index contributed by atoms with van der Waals surface area (Å²) in [6, 6.07) is 1.98. The van der Waals surface area contributed by atoms with Crippen molar-refractivity contribution >= 4 is 17.3 Å². The number of aliphatic imine (C=N–C) groups is 1. The van der Waals surface area contributed by atoms with Crippen LogP contribution in [0.1, 0.15) is 23.2 Å². The van der Waals surface area contributed by atoms with Gasteiger partial charge in [0.25, 0.3) is 0 Å². The Balaban J connectivity index is 1.83. The maximum atomic E-state index is 12.6. The predicted octanol–water partition coefficient (Wildman–Crippen LogP) is 3.71. The number of nitrogens with one attached hydrogen (secondary N) is 2. The van der Waals surface area contributed by atoms with Gasteiger partial charge in [-0.1, -0.05) is 0 Å². The van der Waals surface area contributed by atoms with Gasteiger partial charge in [-0.15, -0.1) is 11.3 Å². The number of rotatable bonds is 7. The van der Waals surface area contributed by atoms with Gasteiger partial charge in [-0.05, 0) is 13.0 Å². The lowest BCUT2D eigenvalue weighted by atomic mass is 10.3. The number of guanidine groups is 1. The second-order valence-electron chi connectivity index (χ2n) is 5.48. The Bertz CT molecular complexity index is 803. The Morgan fingerprint density at radius 1 is 1.14 bits per heavy atom. The van der Waals surface area contributed by atoms with E-state index >= 15 is 0 Å². The molecule has 0 aliphatic heterocycles. The fourth-order valence-electron chi connectivity index (χ4n) is 1.96. The van der Waals surface area contributed by atoms with Crippen LogP contribution in [-0.4, -0.2) is 35.6 Å². The third-order valence-corrected chi connectivity index (χ3v) is 4.10. The van der Waals surface area contributed by atoms with E-state index in [9.17, 15) is 26.3 Å². The molecule has 0 radical (unpaired) electrons. The van der Waals surface area contributed by atoms with E-state index in [4.69, 9.17) is 4.74 Å². The molecule has 0 aliphatic rings. The summed E-state index contributed by atoms with van der Waals surface area (Å²) in [5.74, 6) is 0.365. The summed E-state index contributed by atoms with van der Waals surface area (Å²) in [7, 11) is 0. The van der Waals surface area contributed by atoms with Crippen LogP contribution in [0.3, 0.4) is 0 Å². The van der Waals surface area contributed by atoms with E-state index < -0.39 is 23.6 Å². The molecule has 2 rings (SSSR count). The second-order valence-corrected chi connectivity index (χ2v) is 6.42. The van der Waals surface area contributed by atoms with Crippen LogP contribution in [0, 0.1) is 0 Å². The van der Waals surface area contributed by atoms with Crippen LogP contribution in [0.15, 0.2) is 28.7 Å². The van der Waals surface area contributed by atoms with Crippen LogP contribution >= 0.6 is 11.3 Å². The molecule has 0 unspecified atom stereocenters. The van der Waals surface area contributed by atoms with Crippen molar-refractivity contribution in [3.8, 4) is 5.88 Å². The van der Waals surface area contributed by atoms with Gasteiger partial charge in [-0.25, -0.2) is 15.0 Å². The fourth-order valence-corrected chi connectivity index (χ4v) is 2.68. The van der Waals surface area contributed by atoms with Crippen molar-refractivity contribution in [1.29, 1.82) is 0 Å². The normalized spacial score (nSPS) is 12.7. The van der Waals surface area contributed by atoms with Crippen LogP contribution in [0.2, 0.25) is 0 Å². The van der Waals surface area contributed by atoms with Crippen LogP contribution in [0.5, 0.6) is 5.88 Å². The molecule has 29 heavy (non-hydrogen) atoms. The van der Waals surface area contributed by atoms with Gasteiger partial charge in [0.2, 0.25) is 5.88 Å². The third-order valence-electron chi connectivity index (χ3n) is 3.27. The number of hydrogen-bond donors (Lipinski definition) is 2. The first-order valence-corrected chi connectivity index (χ1v) is 9.17. The van der Waals surface area contributed by atoms with Crippen molar-refractivity contribution in [3.63, 3.8) is 0 Å². The number of halogens is 6. The first kappa shape index (κ1) is 22.7. The molecule has 0 amide bonds. The highest BCUT2D eigenvalue weighted by molar-refractivity contribution is 7.09. The van der Waals surface area contributed by atoms with Crippen molar-refractivity contribution in [2.45, 2.75) is 25.8 Å². The average molecular weight is 441 g/mol. The minimum Gasteiger partial charge on any atom is -0.476 e. The number of thiazole rings is 1. The highest BCUT2D eigenvalue weighted by Gasteiger charge is 2.33. The van der Waals surface area contributed by atoms with Gasteiger partial charge in [0, 0.05) is 24.2 Å². The highest BCUT2D eigenvalue weighted by Crippen LogP contribution is 2.30. The van der Waals surface area contributed by atoms with E-state index in [2.05, 4.69) is 25.6 Å². The molecule has 13 heteroatoms. The molecule has 2 heterocycles. The summed E-state index contributed by atoms with van der Waals surface area (Å²) in [5, 5.41) is 6.94. The molecule has 0 atom stereocenters. The van der Waals surface area contributed by atoms with E-state index in [-0.39, 0.29) is 30.6 Å². The number of nitrogens with zero attached hydrogens (tertiary/aromatic N) is 3. The molecule has 0 fully saturated rings. The standard InChI is InChI=1S/C16H17F6N5OS/c1-2-23-14(26-8-13-27-11(9-29-13)16(20,21)22)24-5-6-28-12-4-3-10(7-25-12)15(17,18)19/h3-4,7,9H,2,5-6,8H2,1H3,(H2,23,24,26). The Morgan fingerprint density at radius 3 is 2.45 bits per heavy atom. The van der Waals surface area contributed by atoms with Gasteiger partial charge < -0.3 is 15.4 Å². The van der Waals surface area contributed by atoms with E-state index in [1.165, 1.54) is 0 Å². The molecule has 0 saturated heterocycles. The fraction of sp³-hybridized carbons (Fsp3) is 0.438. The zero-order valence-electron chi connectivity index (χ0n) is 15.1. The van der Waals surface area contributed by atoms with Crippen LogP contribution < -0.4 is 15.4 Å². The van der Waals surface area contributed by atoms with Crippen molar-refractivity contribution < 1.29 is 31.1 Å². The molecule has 160 valence electrons. The molecule has 2 aromatic rings. The Hall–Kier alpha value is -2.57. The van der Waals surface area contributed by atoms with Gasteiger partial charge in [-0.3, -0.25) is 0 Å². The number of pyridine rings is 1. The van der Waals surface area contributed by atoms with E-state index in [1.54, 1.807) is 0 Å². The van der Waals surface area contributed by atoms with Gasteiger partial charge in [0.15, 0.2) is 11.7 Å². The lowest BCUT2D eigenvalue weighted by molar-refractivity contribution is -0.141. The Kier molecular flexibility index (Phi) is 7.65. The summed E-state index contributed by atoms with van der Waals surface area (Å²) in [5.41, 5.74) is -1.83. The molecule has 0 aliphatic carbocycles. The van der Waals surface area contributed by atoms with Crippen LogP contribution in [0.4, 0.5) is 26.3 Å². The number of ether oxygens (including phenoxy) is 1. The summed E-state index contributed by atoms with van der Waals surface area (Å²) in [4.78, 5) is 11.2. The Morgan fingerprint density at radius 2 is 1.90 bits per heavy atom. The summed E-state index contributed by atoms with van der Waals surface area (Å²) < 4.78 is 80.3. The molecule has 0 aromatic carbocycles. The smallest absolute Gasteiger partial charge is 0.434 e. The summed E-state index contributed by atoms with van der Waals surface area (Å²) in [6.45, 7) is 2.60. The monoisotopic (exact) mass is 441 g/mol. The topological polar surface area (TPSA) is 71.4 Å². The van der Waals surface area contributed by atoms with Crippen molar-refractivity contribution in [2.24, 2.45) is 4.99 Å². The predicted molar refractivity (Wildman–Crippen MR) is 94.7 cm³/mol. The quantitative estimate of drug-likeness (QED) is 0.297. The van der Waals surface area contributed by atoms with Crippen LogP contribution in [-0.2, 0) is 18.9 Å². The van der Waals surface area contributed by atoms with E-state index in [1.807, 2.05) is 6.92 Å². The molecular formula is C16H17F6N5OS. The number of hydrogen-bond acceptors (Lipinski definition) is 5. The van der Waals surface area contributed by atoms with E-state index in [0.29, 0.717) is 18.7 Å². The van der Waals surface area contributed by atoms with E-state index in [0.717, 1.165) is 28.8 Å². The molecule has 2 aromatic heterocycles. The second kappa shape index (κ2) is 9.76. The Labute approximate surface area is 166 Å². The SMILES string of the molecule is CCNC(=NCc1nc(C(F)(F)F)cs1)NCCOc1ccc(C(F)(F)F)cn1. The summed E-state index contributed by atoms with van der Waals surface area (Å²) in [6.07, 6.45) is -8.29.